The summed E-state index contributed by atoms with van der Waals surface area (Å²) in [7, 11) is 0. The molecule has 0 spiro atoms. The van der Waals surface area contributed by atoms with Crippen molar-refractivity contribution in [2.75, 3.05) is 5.73 Å². The number of rotatable bonds is 1. The average Bonchev–Trinajstić information content (AvgIpc) is 2.43. The van der Waals surface area contributed by atoms with E-state index in [1.165, 1.54) is 19.2 Å². The van der Waals surface area contributed by atoms with Gasteiger partial charge in [0.15, 0.2) is 6.23 Å². The first-order chi connectivity index (χ1) is 7.84. The third-order valence-corrected chi connectivity index (χ3v) is 2.99. The second kappa shape index (κ2) is 3.80. The first kappa shape index (κ1) is 12.0. The van der Waals surface area contributed by atoms with Crippen LogP contribution in [0.15, 0.2) is 17.1 Å². The quantitative estimate of drug-likeness (QED) is 0.573. The molecule has 2 unspecified atom stereocenters. The van der Waals surface area contributed by atoms with Gasteiger partial charge in [-0.2, -0.15) is 4.98 Å². The summed E-state index contributed by atoms with van der Waals surface area (Å²) in [5.74, 6) is 0.0949. The zero-order valence-electron chi connectivity index (χ0n) is 9.57. The third kappa shape index (κ3) is 1.82. The second-order valence-electron chi connectivity index (χ2n) is 4.41. The van der Waals surface area contributed by atoms with Crippen molar-refractivity contribution in [2.45, 2.75) is 37.9 Å². The molecule has 1 aromatic rings. The predicted molar refractivity (Wildman–Crippen MR) is 59.1 cm³/mol. The smallest absolute Gasteiger partial charge is 0.351 e. The van der Waals surface area contributed by atoms with Gasteiger partial charge < -0.3 is 20.7 Å². The molecular weight excluding hydrogens is 226 g/mol. The lowest BCUT2D eigenvalue weighted by molar-refractivity contribution is -0.0970. The highest BCUT2D eigenvalue weighted by Gasteiger charge is 2.51. The fourth-order valence-electron chi connectivity index (χ4n) is 1.99. The van der Waals surface area contributed by atoms with Crippen molar-refractivity contribution < 1.29 is 14.9 Å². The van der Waals surface area contributed by atoms with Crippen molar-refractivity contribution in [2.24, 2.45) is 0 Å². The number of hydrogen-bond donors (Lipinski definition) is 3. The van der Waals surface area contributed by atoms with Gasteiger partial charge in [0.2, 0.25) is 0 Å². The summed E-state index contributed by atoms with van der Waals surface area (Å²) < 4.78 is 6.49. The number of aliphatic hydroxyl groups is 2. The van der Waals surface area contributed by atoms with Crippen molar-refractivity contribution in [3.8, 4) is 0 Å². The Morgan fingerprint density at radius 3 is 2.76 bits per heavy atom. The minimum atomic E-state index is -1.55. The molecule has 1 fully saturated rings. The van der Waals surface area contributed by atoms with E-state index in [1.54, 1.807) is 6.92 Å². The normalized spacial score (nSPS) is 37.3. The summed E-state index contributed by atoms with van der Waals surface area (Å²) in [6, 6.07) is 1.43. The SMILES string of the molecule is CC1O[C@@H](n2ccc(N)nc2=O)[C@@](C)(O)C1O. The van der Waals surface area contributed by atoms with Crippen LogP contribution in [0.4, 0.5) is 5.82 Å². The molecule has 2 heterocycles. The van der Waals surface area contributed by atoms with Crippen LogP contribution in [0.2, 0.25) is 0 Å². The van der Waals surface area contributed by atoms with Gasteiger partial charge in [-0.1, -0.05) is 0 Å². The molecule has 2 rings (SSSR count). The number of aromatic nitrogens is 2. The van der Waals surface area contributed by atoms with Crippen molar-refractivity contribution in [3.05, 3.63) is 22.7 Å². The van der Waals surface area contributed by atoms with Crippen LogP contribution in [0.3, 0.4) is 0 Å². The highest BCUT2D eigenvalue weighted by atomic mass is 16.6. The Kier molecular flexibility index (Phi) is 2.69. The zero-order chi connectivity index (χ0) is 12.8. The first-order valence-electron chi connectivity index (χ1n) is 5.24. The molecule has 1 aliphatic heterocycles. The van der Waals surface area contributed by atoms with Gasteiger partial charge in [0.25, 0.3) is 0 Å². The summed E-state index contributed by atoms with van der Waals surface area (Å²) in [6.45, 7) is 3.03. The lowest BCUT2D eigenvalue weighted by atomic mass is 9.97. The van der Waals surface area contributed by atoms with Crippen LogP contribution < -0.4 is 11.4 Å². The maximum absolute atomic E-state index is 11.6. The molecule has 7 heteroatoms. The minimum absolute atomic E-state index is 0.0949. The summed E-state index contributed by atoms with van der Waals surface area (Å²) in [6.07, 6.45) is -1.24. The molecule has 4 N–H and O–H groups in total. The Morgan fingerprint density at radius 2 is 2.29 bits per heavy atom. The van der Waals surface area contributed by atoms with Gasteiger partial charge >= 0.3 is 5.69 Å². The van der Waals surface area contributed by atoms with E-state index in [1.807, 2.05) is 0 Å². The molecule has 4 atom stereocenters. The van der Waals surface area contributed by atoms with E-state index in [0.29, 0.717) is 0 Å². The number of nitrogens with zero attached hydrogens (tertiary/aromatic N) is 2. The van der Waals surface area contributed by atoms with Gasteiger partial charge in [-0.15, -0.1) is 0 Å². The molecule has 1 aliphatic rings. The summed E-state index contributed by atoms with van der Waals surface area (Å²) in [4.78, 5) is 15.2. The van der Waals surface area contributed by atoms with Gasteiger partial charge in [-0.3, -0.25) is 4.57 Å². The molecular formula is C10H15N3O4. The van der Waals surface area contributed by atoms with Gasteiger partial charge in [0, 0.05) is 6.20 Å². The Hall–Kier alpha value is -1.44. The Labute approximate surface area is 97.5 Å². The summed E-state index contributed by atoms with van der Waals surface area (Å²) >= 11 is 0. The lowest BCUT2D eigenvalue weighted by Crippen LogP contribution is -2.45. The molecule has 0 bridgehead atoms. The van der Waals surface area contributed by atoms with Crippen molar-refractivity contribution >= 4 is 5.82 Å². The molecule has 17 heavy (non-hydrogen) atoms. The number of nitrogens with two attached hydrogens (primary N) is 1. The van der Waals surface area contributed by atoms with Crippen LogP contribution in [0, 0.1) is 0 Å². The molecule has 1 aromatic heterocycles. The monoisotopic (exact) mass is 241 g/mol. The van der Waals surface area contributed by atoms with Crippen LogP contribution in [0.5, 0.6) is 0 Å². The molecule has 0 aliphatic carbocycles. The largest absolute Gasteiger partial charge is 0.387 e. The maximum Gasteiger partial charge on any atom is 0.351 e. The topological polar surface area (TPSA) is 111 Å². The number of anilines is 1. The van der Waals surface area contributed by atoms with Gasteiger partial charge in [-0.05, 0) is 19.9 Å². The molecule has 7 nitrogen and oxygen atoms in total. The molecule has 0 radical (unpaired) electrons. The average molecular weight is 241 g/mol. The Morgan fingerprint density at radius 1 is 1.65 bits per heavy atom. The Bertz CT molecular complexity index is 485. The number of ether oxygens (including phenoxy) is 1. The van der Waals surface area contributed by atoms with Crippen LogP contribution in [0.1, 0.15) is 20.1 Å². The fourth-order valence-corrected chi connectivity index (χ4v) is 1.99. The minimum Gasteiger partial charge on any atom is -0.387 e. The summed E-state index contributed by atoms with van der Waals surface area (Å²) in [5.41, 5.74) is 3.19. The zero-order valence-corrected chi connectivity index (χ0v) is 9.57. The number of hydrogen-bond acceptors (Lipinski definition) is 6. The summed E-state index contributed by atoms with van der Waals surface area (Å²) in [5, 5.41) is 19.9. The predicted octanol–water partition coefficient (Wildman–Crippen LogP) is -1.15. The first-order valence-corrected chi connectivity index (χ1v) is 5.24. The number of nitrogen functional groups attached to an aromatic ring is 1. The second-order valence-corrected chi connectivity index (χ2v) is 4.41. The third-order valence-electron chi connectivity index (χ3n) is 2.99. The standard InChI is InChI=1S/C10H15N3O4/c1-5-7(14)10(2,16)8(17-5)13-4-3-6(11)12-9(13)15/h3-5,7-8,14,16H,1-2H3,(H2,11,12,15)/t5?,7?,8-,10+/m1/s1. The van der Waals surface area contributed by atoms with Gasteiger partial charge in [0.05, 0.1) is 6.10 Å². The van der Waals surface area contributed by atoms with Crippen LogP contribution in [-0.2, 0) is 4.74 Å². The molecule has 1 saturated heterocycles. The van der Waals surface area contributed by atoms with E-state index in [-0.39, 0.29) is 5.82 Å². The fraction of sp³-hybridized carbons (Fsp3) is 0.600. The molecule has 0 amide bonds. The Balaban J connectivity index is 2.45. The van der Waals surface area contributed by atoms with E-state index in [9.17, 15) is 15.0 Å². The van der Waals surface area contributed by atoms with Crippen LogP contribution in [-0.4, -0.2) is 37.6 Å². The van der Waals surface area contributed by atoms with E-state index >= 15 is 0 Å². The molecule has 94 valence electrons. The van der Waals surface area contributed by atoms with Gasteiger partial charge in [-0.25, -0.2) is 4.79 Å². The molecule has 0 saturated carbocycles. The van der Waals surface area contributed by atoms with Crippen molar-refractivity contribution in [1.82, 2.24) is 9.55 Å². The van der Waals surface area contributed by atoms with Crippen LogP contribution in [0.25, 0.3) is 0 Å². The van der Waals surface area contributed by atoms with Crippen molar-refractivity contribution in [1.29, 1.82) is 0 Å². The van der Waals surface area contributed by atoms with E-state index < -0.39 is 29.7 Å². The van der Waals surface area contributed by atoms with Gasteiger partial charge in [0.1, 0.15) is 17.5 Å². The lowest BCUT2D eigenvalue weighted by Gasteiger charge is -2.27. The van der Waals surface area contributed by atoms with E-state index in [2.05, 4.69) is 4.98 Å². The van der Waals surface area contributed by atoms with Crippen LogP contribution >= 0.6 is 0 Å². The molecule has 0 aromatic carbocycles. The van der Waals surface area contributed by atoms with E-state index in [0.717, 1.165) is 4.57 Å². The highest BCUT2D eigenvalue weighted by molar-refractivity contribution is 5.23. The maximum atomic E-state index is 11.6. The van der Waals surface area contributed by atoms with E-state index in [4.69, 9.17) is 10.5 Å². The van der Waals surface area contributed by atoms with Crippen molar-refractivity contribution in [3.63, 3.8) is 0 Å². The number of aliphatic hydroxyl groups excluding tert-OH is 1. The highest BCUT2D eigenvalue weighted by Crippen LogP contribution is 2.36.